The highest BCUT2D eigenvalue weighted by Crippen LogP contribution is 2.32. The molecule has 2 aromatic rings. The van der Waals surface area contributed by atoms with Gasteiger partial charge in [-0.15, -0.1) is 11.3 Å². The molecule has 2 saturated heterocycles. The summed E-state index contributed by atoms with van der Waals surface area (Å²) in [6.45, 7) is 3.88. The first-order chi connectivity index (χ1) is 12.3. The minimum absolute atomic E-state index is 0.112. The molecule has 0 spiro atoms. The lowest BCUT2D eigenvalue weighted by Gasteiger charge is -2.31. The van der Waals surface area contributed by atoms with Gasteiger partial charge >= 0.3 is 0 Å². The van der Waals surface area contributed by atoms with Crippen LogP contribution in [0.3, 0.4) is 0 Å². The van der Waals surface area contributed by atoms with Crippen LogP contribution in [0.15, 0.2) is 24.3 Å². The second-order valence-electron chi connectivity index (χ2n) is 7.03. The first-order valence-electron chi connectivity index (χ1n) is 9.24. The average Bonchev–Trinajstić information content (AvgIpc) is 3.29. The number of thiazole rings is 1. The van der Waals surface area contributed by atoms with Crippen LogP contribution in [0.1, 0.15) is 36.6 Å². The zero-order chi connectivity index (χ0) is 17.1. The molecule has 4 rings (SSSR count). The van der Waals surface area contributed by atoms with Crippen LogP contribution < -0.4 is 5.32 Å². The normalized spacial score (nSPS) is 24.6. The van der Waals surface area contributed by atoms with Crippen molar-refractivity contribution in [2.45, 2.75) is 37.7 Å². The van der Waals surface area contributed by atoms with Crippen molar-refractivity contribution in [2.24, 2.45) is 0 Å². The molecule has 3 heterocycles. The predicted molar refractivity (Wildman–Crippen MR) is 100 cm³/mol. The highest BCUT2D eigenvalue weighted by atomic mass is 32.1. The molecule has 25 heavy (non-hydrogen) atoms. The number of piperidine rings is 1. The molecule has 0 saturated carbocycles. The Morgan fingerprint density at radius 1 is 1.32 bits per heavy atom. The lowest BCUT2D eigenvalue weighted by molar-refractivity contribution is -0.123. The molecule has 2 fully saturated rings. The Labute approximate surface area is 152 Å². The lowest BCUT2D eigenvalue weighted by atomic mass is 9.99. The van der Waals surface area contributed by atoms with Gasteiger partial charge in [-0.1, -0.05) is 12.1 Å². The summed E-state index contributed by atoms with van der Waals surface area (Å²) in [6, 6.07) is 8.32. The van der Waals surface area contributed by atoms with Gasteiger partial charge in [0.15, 0.2) is 0 Å². The molecule has 2 aliphatic heterocycles. The van der Waals surface area contributed by atoms with Gasteiger partial charge in [-0.25, -0.2) is 4.98 Å². The number of para-hydroxylation sites is 1. The SMILES string of the molecule is O=C(CN1CCC[C@H](c2nc3ccccc3s2)C1)NC[C@@H]1CCCO1. The van der Waals surface area contributed by atoms with Crippen LogP contribution in [0.4, 0.5) is 0 Å². The molecule has 1 N–H and O–H groups in total. The molecular weight excluding hydrogens is 334 g/mol. The minimum Gasteiger partial charge on any atom is -0.376 e. The van der Waals surface area contributed by atoms with Crippen LogP contribution in [0.2, 0.25) is 0 Å². The van der Waals surface area contributed by atoms with Gasteiger partial charge < -0.3 is 10.1 Å². The molecule has 5 nitrogen and oxygen atoms in total. The van der Waals surface area contributed by atoms with E-state index in [0.29, 0.717) is 19.0 Å². The number of amides is 1. The van der Waals surface area contributed by atoms with Gasteiger partial charge in [-0.3, -0.25) is 9.69 Å². The van der Waals surface area contributed by atoms with E-state index in [2.05, 4.69) is 28.4 Å². The van der Waals surface area contributed by atoms with Gasteiger partial charge in [0, 0.05) is 25.6 Å². The van der Waals surface area contributed by atoms with Gasteiger partial charge in [0.25, 0.3) is 0 Å². The van der Waals surface area contributed by atoms with Crippen molar-refractivity contribution in [3.8, 4) is 0 Å². The van der Waals surface area contributed by atoms with Crippen molar-refractivity contribution >= 4 is 27.5 Å². The van der Waals surface area contributed by atoms with E-state index < -0.39 is 0 Å². The number of aromatic nitrogens is 1. The third-order valence-electron chi connectivity index (χ3n) is 5.08. The van der Waals surface area contributed by atoms with E-state index in [4.69, 9.17) is 9.72 Å². The summed E-state index contributed by atoms with van der Waals surface area (Å²) >= 11 is 1.80. The molecule has 1 aromatic heterocycles. The summed E-state index contributed by atoms with van der Waals surface area (Å²) in [5.74, 6) is 0.553. The Morgan fingerprint density at radius 3 is 3.08 bits per heavy atom. The number of carbonyl (C=O) groups excluding carboxylic acids is 1. The molecule has 0 bridgehead atoms. The van der Waals surface area contributed by atoms with Crippen LogP contribution in [0, 0.1) is 0 Å². The molecule has 0 radical (unpaired) electrons. The second-order valence-corrected chi connectivity index (χ2v) is 8.10. The number of likely N-dealkylation sites (tertiary alicyclic amines) is 1. The summed E-state index contributed by atoms with van der Waals surface area (Å²) in [5, 5.41) is 4.24. The fourth-order valence-corrected chi connectivity index (χ4v) is 4.85. The fraction of sp³-hybridized carbons (Fsp3) is 0.579. The number of nitrogens with zero attached hydrogens (tertiary/aromatic N) is 2. The number of carbonyl (C=O) groups is 1. The number of fused-ring (bicyclic) bond motifs is 1. The van der Waals surface area contributed by atoms with E-state index in [1.54, 1.807) is 11.3 Å². The van der Waals surface area contributed by atoms with E-state index in [-0.39, 0.29) is 12.0 Å². The largest absolute Gasteiger partial charge is 0.376 e. The van der Waals surface area contributed by atoms with Gasteiger partial charge in [-0.05, 0) is 44.4 Å². The summed E-state index contributed by atoms with van der Waals surface area (Å²) in [7, 11) is 0. The molecule has 0 aliphatic carbocycles. The third-order valence-corrected chi connectivity index (χ3v) is 6.28. The minimum atomic E-state index is 0.112. The maximum absolute atomic E-state index is 12.2. The smallest absolute Gasteiger partial charge is 0.234 e. The van der Waals surface area contributed by atoms with Gasteiger partial charge in [-0.2, -0.15) is 0 Å². The van der Waals surface area contributed by atoms with Crippen molar-refractivity contribution in [3.05, 3.63) is 29.3 Å². The maximum Gasteiger partial charge on any atom is 0.234 e. The lowest BCUT2D eigenvalue weighted by Crippen LogP contribution is -2.43. The molecule has 134 valence electrons. The predicted octanol–water partition coefficient (Wildman–Crippen LogP) is 2.77. The number of rotatable bonds is 5. The zero-order valence-electron chi connectivity index (χ0n) is 14.4. The highest BCUT2D eigenvalue weighted by molar-refractivity contribution is 7.18. The first kappa shape index (κ1) is 16.9. The number of hydrogen-bond acceptors (Lipinski definition) is 5. The Bertz CT molecular complexity index is 693. The molecule has 1 amide bonds. The Morgan fingerprint density at radius 2 is 2.24 bits per heavy atom. The standard InChI is InChI=1S/C19H25N3O2S/c23-18(20-11-15-6-4-10-24-15)13-22-9-3-5-14(12-22)19-21-16-7-1-2-8-17(16)25-19/h1-2,7-8,14-15H,3-6,9-13H2,(H,20,23)/t14-,15-/m0/s1. The third kappa shape index (κ3) is 4.19. The zero-order valence-corrected chi connectivity index (χ0v) is 15.3. The van der Waals surface area contributed by atoms with Crippen molar-refractivity contribution in [2.75, 3.05) is 32.8 Å². The van der Waals surface area contributed by atoms with Crippen LogP contribution in [0.25, 0.3) is 10.2 Å². The van der Waals surface area contributed by atoms with Crippen LogP contribution in [-0.2, 0) is 9.53 Å². The summed E-state index contributed by atoms with van der Waals surface area (Å²) in [5.41, 5.74) is 1.09. The first-order valence-corrected chi connectivity index (χ1v) is 10.1. The van der Waals surface area contributed by atoms with Gasteiger partial charge in [0.1, 0.15) is 0 Å². The number of ether oxygens (including phenoxy) is 1. The van der Waals surface area contributed by atoms with E-state index in [1.807, 2.05) is 6.07 Å². The van der Waals surface area contributed by atoms with Crippen LogP contribution in [-0.4, -0.2) is 54.7 Å². The Balaban J connectivity index is 1.31. The van der Waals surface area contributed by atoms with Crippen molar-refractivity contribution in [1.29, 1.82) is 0 Å². The topological polar surface area (TPSA) is 54.5 Å². The maximum atomic E-state index is 12.2. The van der Waals surface area contributed by atoms with E-state index >= 15 is 0 Å². The van der Waals surface area contributed by atoms with E-state index in [1.165, 1.54) is 9.71 Å². The number of benzene rings is 1. The van der Waals surface area contributed by atoms with Crippen LogP contribution >= 0.6 is 11.3 Å². The van der Waals surface area contributed by atoms with Gasteiger partial charge in [0.05, 0.1) is 27.9 Å². The summed E-state index contributed by atoms with van der Waals surface area (Å²) in [6.07, 6.45) is 4.66. The second kappa shape index (κ2) is 7.81. The Kier molecular flexibility index (Phi) is 5.29. The highest BCUT2D eigenvalue weighted by Gasteiger charge is 2.25. The van der Waals surface area contributed by atoms with Gasteiger partial charge in [0.2, 0.25) is 5.91 Å². The summed E-state index contributed by atoms with van der Waals surface area (Å²) < 4.78 is 6.82. The number of nitrogens with one attached hydrogen (secondary N) is 1. The molecule has 2 aliphatic rings. The quantitative estimate of drug-likeness (QED) is 0.892. The molecule has 1 aromatic carbocycles. The average molecular weight is 359 g/mol. The monoisotopic (exact) mass is 359 g/mol. The van der Waals surface area contributed by atoms with Crippen LogP contribution in [0.5, 0.6) is 0 Å². The Hall–Kier alpha value is -1.50. The molecule has 2 atom stereocenters. The molecule has 0 unspecified atom stereocenters. The number of hydrogen-bond donors (Lipinski definition) is 1. The fourth-order valence-electron chi connectivity index (χ4n) is 3.76. The van der Waals surface area contributed by atoms with E-state index in [9.17, 15) is 4.79 Å². The van der Waals surface area contributed by atoms with Crippen molar-refractivity contribution in [1.82, 2.24) is 15.2 Å². The molecule has 6 heteroatoms. The van der Waals surface area contributed by atoms with E-state index in [0.717, 1.165) is 50.9 Å². The summed E-state index contributed by atoms with van der Waals surface area (Å²) in [4.78, 5) is 19.3. The van der Waals surface area contributed by atoms with Crippen molar-refractivity contribution < 1.29 is 9.53 Å². The van der Waals surface area contributed by atoms with Crippen molar-refractivity contribution in [3.63, 3.8) is 0 Å². The molecular formula is C19H25N3O2S.